The third-order valence-electron chi connectivity index (χ3n) is 4.26. The van der Waals surface area contributed by atoms with E-state index in [4.69, 9.17) is 0 Å². The predicted molar refractivity (Wildman–Crippen MR) is 95.4 cm³/mol. The summed E-state index contributed by atoms with van der Waals surface area (Å²) in [7, 11) is 0. The Bertz CT molecular complexity index is 776. The van der Waals surface area contributed by atoms with Gasteiger partial charge < -0.3 is 5.32 Å². The van der Waals surface area contributed by atoms with Crippen LogP contribution in [0.3, 0.4) is 0 Å². The van der Waals surface area contributed by atoms with Crippen molar-refractivity contribution in [1.82, 2.24) is 20.5 Å². The van der Waals surface area contributed by atoms with Gasteiger partial charge in [-0.15, -0.1) is 10.2 Å². The van der Waals surface area contributed by atoms with Crippen LogP contribution < -0.4 is 10.2 Å². The zero-order chi connectivity index (χ0) is 17.8. The third kappa shape index (κ3) is 4.01. The lowest BCUT2D eigenvalue weighted by atomic mass is 10.1. The number of pyridine rings is 1. The molecular weight excluding hydrogens is 338 g/mol. The van der Waals surface area contributed by atoms with Crippen LogP contribution in [0.4, 0.5) is 5.13 Å². The molecule has 3 rings (SSSR count). The van der Waals surface area contributed by atoms with E-state index in [0.29, 0.717) is 24.6 Å². The van der Waals surface area contributed by atoms with Crippen molar-refractivity contribution in [3.63, 3.8) is 0 Å². The van der Waals surface area contributed by atoms with Gasteiger partial charge in [-0.3, -0.25) is 19.5 Å². The Morgan fingerprint density at radius 3 is 3.00 bits per heavy atom. The van der Waals surface area contributed by atoms with Gasteiger partial charge in [0.1, 0.15) is 5.01 Å². The van der Waals surface area contributed by atoms with E-state index in [1.807, 2.05) is 26.0 Å². The lowest BCUT2D eigenvalue weighted by molar-refractivity contribution is -0.126. The maximum Gasteiger partial charge on any atom is 0.229 e. The van der Waals surface area contributed by atoms with Gasteiger partial charge in [0.15, 0.2) is 0 Å². The second-order valence-electron chi connectivity index (χ2n) is 6.05. The lowest BCUT2D eigenvalue weighted by Gasteiger charge is -2.13. The van der Waals surface area contributed by atoms with Crippen molar-refractivity contribution < 1.29 is 9.59 Å². The first-order valence-electron chi connectivity index (χ1n) is 8.39. The molecule has 0 bridgehead atoms. The first-order chi connectivity index (χ1) is 12.1. The molecule has 0 aliphatic carbocycles. The standard InChI is InChI=1S/C17H21N5O2S/c1-3-14-20-21-17(25-14)22-10-12(9-15(22)23)16(24)19-8-6-13-11(2)5-4-7-18-13/h4-5,7,12H,3,6,8-10H2,1-2H3,(H,19,24). The Balaban J connectivity index is 1.53. The SMILES string of the molecule is CCc1nnc(N2CC(C(=O)NCCc3ncccc3C)CC2=O)s1. The highest BCUT2D eigenvalue weighted by Gasteiger charge is 2.36. The van der Waals surface area contributed by atoms with E-state index >= 15 is 0 Å². The summed E-state index contributed by atoms with van der Waals surface area (Å²) < 4.78 is 0. The number of hydrogen-bond acceptors (Lipinski definition) is 6. The molecule has 1 N–H and O–H groups in total. The zero-order valence-electron chi connectivity index (χ0n) is 14.4. The zero-order valence-corrected chi connectivity index (χ0v) is 15.2. The van der Waals surface area contributed by atoms with Crippen LogP contribution in [0.2, 0.25) is 0 Å². The van der Waals surface area contributed by atoms with E-state index in [2.05, 4.69) is 20.5 Å². The number of rotatable bonds is 6. The molecule has 7 nitrogen and oxygen atoms in total. The Morgan fingerprint density at radius 1 is 1.44 bits per heavy atom. The van der Waals surface area contributed by atoms with Crippen LogP contribution in [0, 0.1) is 12.8 Å². The number of aryl methyl sites for hydroxylation is 2. The molecule has 0 spiro atoms. The van der Waals surface area contributed by atoms with Crippen molar-refractivity contribution in [2.24, 2.45) is 5.92 Å². The summed E-state index contributed by atoms with van der Waals surface area (Å²) in [6.07, 6.45) is 3.44. The summed E-state index contributed by atoms with van der Waals surface area (Å²) in [6.45, 7) is 4.88. The summed E-state index contributed by atoms with van der Waals surface area (Å²) in [5, 5.41) is 12.5. The molecule has 1 fully saturated rings. The maximum absolute atomic E-state index is 12.4. The third-order valence-corrected chi connectivity index (χ3v) is 5.35. The molecule has 25 heavy (non-hydrogen) atoms. The lowest BCUT2D eigenvalue weighted by Crippen LogP contribution is -2.34. The van der Waals surface area contributed by atoms with Crippen molar-refractivity contribution in [3.8, 4) is 0 Å². The van der Waals surface area contributed by atoms with Crippen LogP contribution in [0.5, 0.6) is 0 Å². The Hall–Kier alpha value is -2.35. The highest BCUT2D eigenvalue weighted by Crippen LogP contribution is 2.28. The van der Waals surface area contributed by atoms with Gasteiger partial charge in [0.05, 0.1) is 5.92 Å². The highest BCUT2D eigenvalue weighted by atomic mass is 32.1. The van der Waals surface area contributed by atoms with Gasteiger partial charge in [0, 0.05) is 37.8 Å². The van der Waals surface area contributed by atoms with E-state index in [9.17, 15) is 9.59 Å². The summed E-state index contributed by atoms with van der Waals surface area (Å²) in [6, 6.07) is 3.90. The van der Waals surface area contributed by atoms with Crippen LogP contribution in [0.25, 0.3) is 0 Å². The number of aromatic nitrogens is 3. The molecule has 1 atom stereocenters. The first kappa shape index (κ1) is 17.5. The Morgan fingerprint density at radius 2 is 2.28 bits per heavy atom. The molecule has 2 aromatic rings. The fraction of sp³-hybridized carbons (Fsp3) is 0.471. The normalized spacial score (nSPS) is 17.1. The molecule has 0 aromatic carbocycles. The van der Waals surface area contributed by atoms with Gasteiger partial charge >= 0.3 is 0 Å². The molecule has 1 unspecified atom stereocenters. The maximum atomic E-state index is 12.4. The number of carbonyl (C=O) groups is 2. The van der Waals surface area contributed by atoms with Gasteiger partial charge in [-0.1, -0.05) is 24.3 Å². The molecule has 0 saturated carbocycles. The monoisotopic (exact) mass is 359 g/mol. The van der Waals surface area contributed by atoms with Crippen molar-refractivity contribution >= 4 is 28.3 Å². The molecule has 1 aliphatic heterocycles. The minimum absolute atomic E-state index is 0.0699. The molecule has 1 aliphatic rings. The quantitative estimate of drug-likeness (QED) is 0.845. The number of hydrogen-bond donors (Lipinski definition) is 1. The number of carbonyl (C=O) groups excluding carboxylic acids is 2. The minimum atomic E-state index is -0.341. The summed E-state index contributed by atoms with van der Waals surface area (Å²) >= 11 is 1.41. The van der Waals surface area contributed by atoms with E-state index < -0.39 is 0 Å². The number of nitrogens with zero attached hydrogens (tertiary/aromatic N) is 4. The van der Waals surface area contributed by atoms with Crippen molar-refractivity contribution in [3.05, 3.63) is 34.6 Å². The molecule has 2 aromatic heterocycles. The molecule has 2 amide bonds. The van der Waals surface area contributed by atoms with E-state index in [1.165, 1.54) is 11.3 Å². The second kappa shape index (κ2) is 7.69. The van der Waals surface area contributed by atoms with Gasteiger partial charge in [-0.25, -0.2) is 0 Å². The molecule has 132 valence electrons. The largest absolute Gasteiger partial charge is 0.355 e. The van der Waals surface area contributed by atoms with Crippen LogP contribution in [-0.4, -0.2) is 40.1 Å². The van der Waals surface area contributed by atoms with Gasteiger partial charge in [-0.05, 0) is 25.0 Å². The molecule has 3 heterocycles. The fourth-order valence-electron chi connectivity index (χ4n) is 2.79. The second-order valence-corrected chi connectivity index (χ2v) is 7.09. The van der Waals surface area contributed by atoms with Crippen LogP contribution in [0.1, 0.15) is 29.6 Å². The van der Waals surface area contributed by atoms with Crippen LogP contribution >= 0.6 is 11.3 Å². The van der Waals surface area contributed by atoms with Gasteiger partial charge in [-0.2, -0.15) is 0 Å². The first-order valence-corrected chi connectivity index (χ1v) is 9.21. The van der Waals surface area contributed by atoms with E-state index in [1.54, 1.807) is 11.1 Å². The number of anilines is 1. The average Bonchev–Trinajstić information content (AvgIpc) is 3.22. The van der Waals surface area contributed by atoms with Crippen LogP contribution in [-0.2, 0) is 22.4 Å². The fourth-order valence-corrected chi connectivity index (χ4v) is 3.60. The van der Waals surface area contributed by atoms with Crippen molar-refractivity contribution in [1.29, 1.82) is 0 Å². The molecule has 0 radical (unpaired) electrons. The topological polar surface area (TPSA) is 88.1 Å². The highest BCUT2D eigenvalue weighted by molar-refractivity contribution is 7.15. The van der Waals surface area contributed by atoms with Crippen molar-refractivity contribution in [2.75, 3.05) is 18.0 Å². The van der Waals surface area contributed by atoms with Crippen LogP contribution in [0.15, 0.2) is 18.3 Å². The number of nitrogens with one attached hydrogen (secondary N) is 1. The summed E-state index contributed by atoms with van der Waals surface area (Å²) in [4.78, 5) is 30.5. The summed E-state index contributed by atoms with van der Waals surface area (Å²) in [5.74, 6) is -0.504. The average molecular weight is 359 g/mol. The smallest absolute Gasteiger partial charge is 0.229 e. The predicted octanol–water partition coefficient (Wildman–Crippen LogP) is 1.52. The van der Waals surface area contributed by atoms with Gasteiger partial charge in [0.25, 0.3) is 0 Å². The molecule has 1 saturated heterocycles. The summed E-state index contributed by atoms with van der Waals surface area (Å²) in [5.41, 5.74) is 2.09. The minimum Gasteiger partial charge on any atom is -0.355 e. The van der Waals surface area contributed by atoms with E-state index in [-0.39, 0.29) is 24.2 Å². The Labute approximate surface area is 150 Å². The van der Waals surface area contributed by atoms with Gasteiger partial charge in [0.2, 0.25) is 16.9 Å². The van der Waals surface area contributed by atoms with E-state index in [0.717, 1.165) is 22.7 Å². The molecular formula is C17H21N5O2S. The van der Waals surface area contributed by atoms with Crippen molar-refractivity contribution in [2.45, 2.75) is 33.1 Å². The molecule has 8 heteroatoms. The number of amides is 2. The Kier molecular flexibility index (Phi) is 5.37.